The average molecular weight is 255 g/mol. The quantitative estimate of drug-likeness (QED) is 0.568. The first kappa shape index (κ1) is 12.8. The van der Waals surface area contributed by atoms with Crippen LogP contribution in [0.25, 0.3) is 0 Å². The SMILES string of the molecule is CCCCNCC(C)Sc1nnnn1C1CC1. The summed E-state index contributed by atoms with van der Waals surface area (Å²) >= 11 is 1.77. The van der Waals surface area contributed by atoms with E-state index in [1.54, 1.807) is 11.8 Å². The summed E-state index contributed by atoms with van der Waals surface area (Å²) in [6, 6.07) is 0.563. The molecule has 0 saturated heterocycles. The van der Waals surface area contributed by atoms with E-state index in [4.69, 9.17) is 0 Å². The van der Waals surface area contributed by atoms with E-state index in [9.17, 15) is 0 Å². The maximum Gasteiger partial charge on any atom is 0.209 e. The minimum atomic E-state index is 0.510. The van der Waals surface area contributed by atoms with Crippen LogP contribution in [0.4, 0.5) is 0 Å². The number of unbranched alkanes of at least 4 members (excludes halogenated alkanes) is 1. The Morgan fingerprint density at radius 1 is 1.53 bits per heavy atom. The first-order valence-electron chi connectivity index (χ1n) is 6.46. The molecule has 0 aromatic carbocycles. The molecule has 1 saturated carbocycles. The predicted molar refractivity (Wildman–Crippen MR) is 69.2 cm³/mol. The molecule has 1 unspecified atom stereocenters. The van der Waals surface area contributed by atoms with Crippen LogP contribution < -0.4 is 5.32 Å². The van der Waals surface area contributed by atoms with Crippen LogP contribution in [-0.4, -0.2) is 38.5 Å². The highest BCUT2D eigenvalue weighted by molar-refractivity contribution is 7.99. The number of thioether (sulfide) groups is 1. The highest BCUT2D eigenvalue weighted by Crippen LogP contribution is 2.36. The van der Waals surface area contributed by atoms with Gasteiger partial charge in [0.25, 0.3) is 0 Å². The van der Waals surface area contributed by atoms with Gasteiger partial charge >= 0.3 is 0 Å². The van der Waals surface area contributed by atoms with Crippen molar-refractivity contribution in [2.45, 2.75) is 56.0 Å². The summed E-state index contributed by atoms with van der Waals surface area (Å²) in [6.45, 7) is 6.55. The summed E-state index contributed by atoms with van der Waals surface area (Å²) < 4.78 is 1.98. The largest absolute Gasteiger partial charge is 0.316 e. The minimum Gasteiger partial charge on any atom is -0.316 e. The zero-order valence-electron chi connectivity index (χ0n) is 10.6. The smallest absolute Gasteiger partial charge is 0.209 e. The van der Waals surface area contributed by atoms with Crippen molar-refractivity contribution in [3.8, 4) is 0 Å². The van der Waals surface area contributed by atoms with Gasteiger partial charge in [0.15, 0.2) is 0 Å². The first-order chi connectivity index (χ1) is 8.31. The zero-order chi connectivity index (χ0) is 12.1. The molecule has 1 aliphatic rings. The number of hydrogen-bond donors (Lipinski definition) is 1. The van der Waals surface area contributed by atoms with Crippen molar-refractivity contribution in [1.82, 2.24) is 25.5 Å². The minimum absolute atomic E-state index is 0.510. The van der Waals surface area contributed by atoms with E-state index in [0.717, 1.165) is 18.2 Å². The second-order valence-corrected chi connectivity index (χ2v) is 6.03. The fourth-order valence-corrected chi connectivity index (χ4v) is 2.58. The lowest BCUT2D eigenvalue weighted by Crippen LogP contribution is -2.24. The Kier molecular flexibility index (Phi) is 4.79. The molecule has 2 rings (SSSR count). The molecule has 1 aromatic heterocycles. The number of hydrogen-bond acceptors (Lipinski definition) is 5. The molecule has 0 radical (unpaired) electrons. The standard InChI is InChI=1S/C11H21N5S/c1-3-4-7-12-8-9(2)17-11-13-14-15-16(11)10-5-6-10/h9-10,12H,3-8H2,1-2H3. The summed E-state index contributed by atoms with van der Waals surface area (Å²) in [6.07, 6.45) is 4.94. The Bertz CT molecular complexity index is 336. The molecule has 0 aliphatic heterocycles. The van der Waals surface area contributed by atoms with Crippen LogP contribution in [0.2, 0.25) is 0 Å². The molecule has 0 amide bonds. The van der Waals surface area contributed by atoms with E-state index < -0.39 is 0 Å². The maximum atomic E-state index is 4.10. The topological polar surface area (TPSA) is 55.6 Å². The van der Waals surface area contributed by atoms with Gasteiger partial charge in [-0.15, -0.1) is 5.10 Å². The number of nitrogens with zero attached hydrogens (tertiary/aromatic N) is 4. The molecule has 0 bridgehead atoms. The van der Waals surface area contributed by atoms with Gasteiger partial charge in [-0.25, -0.2) is 4.68 Å². The molecule has 17 heavy (non-hydrogen) atoms. The van der Waals surface area contributed by atoms with Crippen LogP contribution in [0.1, 0.15) is 45.6 Å². The molecule has 0 spiro atoms. The van der Waals surface area contributed by atoms with E-state index in [2.05, 4.69) is 34.7 Å². The number of tetrazole rings is 1. The fraction of sp³-hybridized carbons (Fsp3) is 0.909. The Morgan fingerprint density at radius 2 is 2.35 bits per heavy atom. The van der Waals surface area contributed by atoms with Gasteiger partial charge in [0.2, 0.25) is 5.16 Å². The number of aromatic nitrogens is 4. The Labute approximate surface area is 107 Å². The van der Waals surface area contributed by atoms with E-state index in [0.29, 0.717) is 11.3 Å². The summed E-state index contributed by atoms with van der Waals surface area (Å²) in [5.41, 5.74) is 0. The summed E-state index contributed by atoms with van der Waals surface area (Å²) in [5, 5.41) is 16.9. The zero-order valence-corrected chi connectivity index (χ0v) is 11.4. The third kappa shape index (κ3) is 3.96. The lowest BCUT2D eigenvalue weighted by Gasteiger charge is -2.11. The van der Waals surface area contributed by atoms with E-state index in [-0.39, 0.29) is 0 Å². The van der Waals surface area contributed by atoms with Crippen LogP contribution in [-0.2, 0) is 0 Å². The van der Waals surface area contributed by atoms with Gasteiger partial charge in [-0.2, -0.15) is 0 Å². The Balaban J connectivity index is 1.73. The summed E-state index contributed by atoms with van der Waals surface area (Å²) in [5.74, 6) is 0. The van der Waals surface area contributed by atoms with Crippen LogP contribution >= 0.6 is 11.8 Å². The molecule has 1 aromatic rings. The van der Waals surface area contributed by atoms with Crippen molar-refractivity contribution < 1.29 is 0 Å². The first-order valence-corrected chi connectivity index (χ1v) is 7.34. The van der Waals surface area contributed by atoms with Crippen molar-refractivity contribution in [3.05, 3.63) is 0 Å². The number of nitrogens with one attached hydrogen (secondary N) is 1. The van der Waals surface area contributed by atoms with Gasteiger partial charge in [-0.05, 0) is 36.2 Å². The monoisotopic (exact) mass is 255 g/mol. The van der Waals surface area contributed by atoms with Crippen LogP contribution in [0.5, 0.6) is 0 Å². The molecule has 5 nitrogen and oxygen atoms in total. The third-order valence-electron chi connectivity index (χ3n) is 2.80. The van der Waals surface area contributed by atoms with Gasteiger partial charge in [-0.3, -0.25) is 0 Å². The second kappa shape index (κ2) is 6.35. The molecule has 1 N–H and O–H groups in total. The lowest BCUT2D eigenvalue weighted by molar-refractivity contribution is 0.563. The van der Waals surface area contributed by atoms with Crippen LogP contribution in [0, 0.1) is 0 Å². The number of rotatable bonds is 8. The predicted octanol–water partition coefficient (Wildman–Crippen LogP) is 1.88. The molecule has 96 valence electrons. The normalized spacial score (nSPS) is 17.3. The van der Waals surface area contributed by atoms with Crippen molar-refractivity contribution in [1.29, 1.82) is 0 Å². The van der Waals surface area contributed by atoms with Crippen molar-refractivity contribution in [3.63, 3.8) is 0 Å². The van der Waals surface area contributed by atoms with E-state index >= 15 is 0 Å². The van der Waals surface area contributed by atoms with Crippen LogP contribution in [0.15, 0.2) is 5.16 Å². The maximum absolute atomic E-state index is 4.10. The molecule has 1 aliphatic carbocycles. The molecule has 1 heterocycles. The van der Waals surface area contributed by atoms with Crippen LogP contribution in [0.3, 0.4) is 0 Å². The lowest BCUT2D eigenvalue weighted by atomic mass is 10.3. The van der Waals surface area contributed by atoms with Gasteiger partial charge in [0.05, 0.1) is 6.04 Å². The molecular formula is C11H21N5S. The molecule has 1 fully saturated rings. The molecule has 6 heteroatoms. The third-order valence-corrected chi connectivity index (χ3v) is 3.85. The Morgan fingerprint density at radius 3 is 3.06 bits per heavy atom. The second-order valence-electron chi connectivity index (χ2n) is 4.62. The van der Waals surface area contributed by atoms with Gasteiger partial charge in [-0.1, -0.05) is 32.0 Å². The molecular weight excluding hydrogens is 234 g/mol. The average Bonchev–Trinajstić information content (AvgIpc) is 3.06. The van der Waals surface area contributed by atoms with E-state index in [1.165, 1.54) is 25.7 Å². The molecule has 1 atom stereocenters. The van der Waals surface area contributed by atoms with E-state index in [1.807, 2.05) is 4.68 Å². The van der Waals surface area contributed by atoms with Crippen molar-refractivity contribution in [2.75, 3.05) is 13.1 Å². The summed E-state index contributed by atoms with van der Waals surface area (Å²) in [7, 11) is 0. The highest BCUT2D eigenvalue weighted by atomic mass is 32.2. The Hall–Kier alpha value is -0.620. The summed E-state index contributed by atoms with van der Waals surface area (Å²) in [4.78, 5) is 0. The van der Waals surface area contributed by atoms with Crippen molar-refractivity contribution in [2.24, 2.45) is 0 Å². The van der Waals surface area contributed by atoms with Gasteiger partial charge < -0.3 is 5.32 Å². The van der Waals surface area contributed by atoms with Crippen molar-refractivity contribution >= 4 is 11.8 Å². The van der Waals surface area contributed by atoms with Gasteiger partial charge in [0.1, 0.15) is 0 Å². The highest BCUT2D eigenvalue weighted by Gasteiger charge is 2.28. The van der Waals surface area contributed by atoms with Gasteiger partial charge in [0, 0.05) is 11.8 Å². The fourth-order valence-electron chi connectivity index (χ4n) is 1.64.